The standard InChI is InChI=1S/C12H20N2O3/c1-14-11(16)6-10(12(14)17)13-7-8-3-2-4-9(15)5-8/h8-10,13,15H,2-7H2,1H3. The topological polar surface area (TPSA) is 69.6 Å². The van der Waals surface area contributed by atoms with Crippen molar-refractivity contribution in [3.05, 3.63) is 0 Å². The van der Waals surface area contributed by atoms with Crippen LogP contribution in [0.3, 0.4) is 0 Å². The van der Waals surface area contributed by atoms with Crippen LogP contribution < -0.4 is 5.32 Å². The highest BCUT2D eigenvalue weighted by Crippen LogP contribution is 2.24. The van der Waals surface area contributed by atoms with Gasteiger partial charge in [0.25, 0.3) is 0 Å². The third-order valence-corrected chi connectivity index (χ3v) is 3.79. The number of nitrogens with one attached hydrogen (secondary N) is 1. The van der Waals surface area contributed by atoms with E-state index in [0.29, 0.717) is 12.5 Å². The molecule has 0 bridgehead atoms. The number of imide groups is 1. The number of aliphatic hydroxyl groups excluding tert-OH is 1. The third kappa shape index (κ3) is 2.84. The van der Waals surface area contributed by atoms with E-state index < -0.39 is 0 Å². The number of likely N-dealkylation sites (N-methyl/N-ethyl adjacent to an activating group) is 1. The Labute approximate surface area is 101 Å². The minimum absolute atomic E-state index is 0.115. The molecule has 1 saturated carbocycles. The monoisotopic (exact) mass is 240 g/mol. The van der Waals surface area contributed by atoms with Gasteiger partial charge < -0.3 is 10.4 Å². The van der Waals surface area contributed by atoms with Crippen LogP contribution in [0.4, 0.5) is 0 Å². The molecule has 0 radical (unpaired) electrons. The Kier molecular flexibility index (Phi) is 3.79. The van der Waals surface area contributed by atoms with Crippen molar-refractivity contribution in [2.24, 2.45) is 5.92 Å². The van der Waals surface area contributed by atoms with Crippen LogP contribution in [-0.4, -0.2) is 47.6 Å². The molecular weight excluding hydrogens is 220 g/mol. The first kappa shape index (κ1) is 12.5. The number of aliphatic hydroxyl groups is 1. The average Bonchev–Trinajstić information content (AvgIpc) is 2.54. The van der Waals surface area contributed by atoms with Crippen molar-refractivity contribution in [2.75, 3.05) is 13.6 Å². The fourth-order valence-corrected chi connectivity index (χ4v) is 2.67. The molecular formula is C12H20N2O3. The van der Waals surface area contributed by atoms with Gasteiger partial charge in [-0.1, -0.05) is 6.42 Å². The van der Waals surface area contributed by atoms with Gasteiger partial charge in [-0.2, -0.15) is 0 Å². The zero-order valence-corrected chi connectivity index (χ0v) is 10.2. The summed E-state index contributed by atoms with van der Waals surface area (Å²) in [6.07, 6.45) is 3.90. The van der Waals surface area contributed by atoms with Crippen molar-refractivity contribution in [3.63, 3.8) is 0 Å². The van der Waals surface area contributed by atoms with Gasteiger partial charge in [-0.25, -0.2) is 0 Å². The van der Waals surface area contributed by atoms with Crippen molar-refractivity contribution < 1.29 is 14.7 Å². The molecule has 1 aliphatic carbocycles. The van der Waals surface area contributed by atoms with E-state index >= 15 is 0 Å². The third-order valence-electron chi connectivity index (χ3n) is 3.79. The highest BCUT2D eigenvalue weighted by Gasteiger charge is 2.36. The van der Waals surface area contributed by atoms with Crippen molar-refractivity contribution >= 4 is 11.8 Å². The maximum Gasteiger partial charge on any atom is 0.246 e. The highest BCUT2D eigenvalue weighted by molar-refractivity contribution is 6.05. The number of hydrogen-bond donors (Lipinski definition) is 2. The van der Waals surface area contributed by atoms with Gasteiger partial charge in [0, 0.05) is 7.05 Å². The summed E-state index contributed by atoms with van der Waals surface area (Å²) in [5.74, 6) is 0.176. The van der Waals surface area contributed by atoms with E-state index in [0.717, 1.165) is 25.7 Å². The Morgan fingerprint density at radius 3 is 2.76 bits per heavy atom. The number of nitrogens with zero attached hydrogens (tertiary/aromatic N) is 1. The fraction of sp³-hybridized carbons (Fsp3) is 0.833. The highest BCUT2D eigenvalue weighted by atomic mass is 16.3. The van der Waals surface area contributed by atoms with Crippen LogP contribution in [0.1, 0.15) is 32.1 Å². The molecule has 1 heterocycles. The van der Waals surface area contributed by atoms with Crippen LogP contribution in [0.25, 0.3) is 0 Å². The lowest BCUT2D eigenvalue weighted by atomic mass is 9.87. The van der Waals surface area contributed by atoms with Crippen LogP contribution in [0.2, 0.25) is 0 Å². The number of likely N-dealkylation sites (tertiary alicyclic amines) is 1. The minimum Gasteiger partial charge on any atom is -0.393 e. The van der Waals surface area contributed by atoms with Crippen LogP contribution in [-0.2, 0) is 9.59 Å². The summed E-state index contributed by atoms with van der Waals surface area (Å²) in [6, 6.07) is -0.355. The van der Waals surface area contributed by atoms with Crippen LogP contribution in [0.15, 0.2) is 0 Å². The van der Waals surface area contributed by atoms with E-state index in [1.54, 1.807) is 0 Å². The molecule has 0 aromatic heterocycles. The molecule has 2 amide bonds. The zero-order valence-electron chi connectivity index (χ0n) is 10.2. The molecule has 2 aliphatic rings. The van der Waals surface area contributed by atoms with E-state index in [1.807, 2.05) is 0 Å². The van der Waals surface area contributed by atoms with Gasteiger partial charge in [0.1, 0.15) is 0 Å². The smallest absolute Gasteiger partial charge is 0.246 e. The molecule has 2 rings (SSSR count). The first-order valence-corrected chi connectivity index (χ1v) is 6.29. The summed E-state index contributed by atoms with van der Waals surface area (Å²) < 4.78 is 0. The molecule has 0 aromatic carbocycles. The minimum atomic E-state index is -0.355. The molecule has 1 saturated heterocycles. The molecule has 3 atom stereocenters. The molecule has 96 valence electrons. The van der Waals surface area contributed by atoms with Crippen LogP contribution in [0.5, 0.6) is 0 Å². The van der Waals surface area contributed by atoms with Crippen molar-refractivity contribution in [2.45, 2.75) is 44.2 Å². The molecule has 5 nitrogen and oxygen atoms in total. The quantitative estimate of drug-likeness (QED) is 0.675. The van der Waals surface area contributed by atoms with Gasteiger partial charge >= 0.3 is 0 Å². The lowest BCUT2D eigenvalue weighted by molar-refractivity contribution is -0.137. The second kappa shape index (κ2) is 5.14. The van der Waals surface area contributed by atoms with Gasteiger partial charge in [-0.15, -0.1) is 0 Å². The Bertz CT molecular complexity index is 319. The Morgan fingerprint density at radius 2 is 2.18 bits per heavy atom. The zero-order chi connectivity index (χ0) is 12.4. The largest absolute Gasteiger partial charge is 0.393 e. The summed E-state index contributed by atoms with van der Waals surface area (Å²) in [6.45, 7) is 0.717. The molecule has 2 N–H and O–H groups in total. The van der Waals surface area contributed by atoms with E-state index in [9.17, 15) is 14.7 Å². The predicted octanol–water partition coefficient (Wildman–Crippen LogP) is -0.116. The molecule has 5 heteroatoms. The molecule has 3 unspecified atom stereocenters. The number of amides is 2. The van der Waals surface area contributed by atoms with E-state index in [-0.39, 0.29) is 30.4 Å². The van der Waals surface area contributed by atoms with Crippen molar-refractivity contribution in [3.8, 4) is 0 Å². The molecule has 2 fully saturated rings. The van der Waals surface area contributed by atoms with Gasteiger partial charge in [-0.3, -0.25) is 14.5 Å². The Hall–Kier alpha value is -0.940. The van der Waals surface area contributed by atoms with Gasteiger partial charge in [0.05, 0.1) is 18.6 Å². The molecule has 1 aliphatic heterocycles. The van der Waals surface area contributed by atoms with E-state index in [1.165, 1.54) is 11.9 Å². The number of carbonyl (C=O) groups excluding carboxylic acids is 2. The number of rotatable bonds is 3. The summed E-state index contributed by atoms with van der Waals surface area (Å²) >= 11 is 0. The summed E-state index contributed by atoms with van der Waals surface area (Å²) in [5.41, 5.74) is 0. The van der Waals surface area contributed by atoms with Crippen molar-refractivity contribution in [1.82, 2.24) is 10.2 Å². The second-order valence-electron chi connectivity index (χ2n) is 5.14. The van der Waals surface area contributed by atoms with E-state index in [2.05, 4.69) is 5.32 Å². The fourth-order valence-electron chi connectivity index (χ4n) is 2.67. The maximum atomic E-state index is 11.6. The average molecular weight is 240 g/mol. The Balaban J connectivity index is 1.79. The number of carbonyl (C=O) groups is 2. The lowest BCUT2D eigenvalue weighted by Gasteiger charge is -2.26. The summed E-state index contributed by atoms with van der Waals surface area (Å²) in [5, 5.41) is 12.7. The number of hydrogen-bond acceptors (Lipinski definition) is 4. The Morgan fingerprint density at radius 1 is 1.41 bits per heavy atom. The molecule has 0 spiro atoms. The normalized spacial score (nSPS) is 34.5. The summed E-state index contributed by atoms with van der Waals surface area (Å²) in [4.78, 5) is 24.2. The molecule has 17 heavy (non-hydrogen) atoms. The first-order chi connectivity index (χ1) is 8.08. The lowest BCUT2D eigenvalue weighted by Crippen LogP contribution is -2.40. The molecule has 0 aromatic rings. The van der Waals surface area contributed by atoms with E-state index in [4.69, 9.17) is 0 Å². The van der Waals surface area contributed by atoms with Crippen LogP contribution >= 0.6 is 0 Å². The first-order valence-electron chi connectivity index (χ1n) is 6.29. The summed E-state index contributed by atoms with van der Waals surface area (Å²) in [7, 11) is 1.52. The van der Waals surface area contributed by atoms with Gasteiger partial charge in [-0.05, 0) is 31.7 Å². The second-order valence-corrected chi connectivity index (χ2v) is 5.14. The maximum absolute atomic E-state index is 11.6. The predicted molar refractivity (Wildman–Crippen MR) is 62.1 cm³/mol. The SMILES string of the molecule is CN1C(=O)CC(NCC2CCCC(O)C2)C1=O. The van der Waals surface area contributed by atoms with Gasteiger partial charge in [0.2, 0.25) is 11.8 Å². The van der Waals surface area contributed by atoms with Crippen molar-refractivity contribution in [1.29, 1.82) is 0 Å². The van der Waals surface area contributed by atoms with Crippen LogP contribution in [0, 0.1) is 5.92 Å². The van der Waals surface area contributed by atoms with Gasteiger partial charge in [0.15, 0.2) is 0 Å².